The van der Waals surface area contributed by atoms with Crippen molar-refractivity contribution in [2.75, 3.05) is 7.11 Å². The molecule has 0 saturated carbocycles. The summed E-state index contributed by atoms with van der Waals surface area (Å²) in [5.41, 5.74) is 8.31. The molecular formula is C13H17N3O2. The van der Waals surface area contributed by atoms with Gasteiger partial charge in [-0.3, -0.25) is 0 Å². The van der Waals surface area contributed by atoms with Crippen molar-refractivity contribution in [3.05, 3.63) is 35.5 Å². The Bertz CT molecular complexity index is 549. The summed E-state index contributed by atoms with van der Waals surface area (Å²) in [6, 6.07) is 6.87. The molecule has 0 unspecified atom stereocenters. The SMILES string of the molecule is CCc1nn(-c2cccc(O)c2)c(OC)c1CN. The summed E-state index contributed by atoms with van der Waals surface area (Å²) < 4.78 is 7.05. The second-order valence-corrected chi connectivity index (χ2v) is 3.92. The van der Waals surface area contributed by atoms with Gasteiger partial charge >= 0.3 is 0 Å². The van der Waals surface area contributed by atoms with Crippen molar-refractivity contribution >= 4 is 0 Å². The number of phenols is 1. The van der Waals surface area contributed by atoms with E-state index >= 15 is 0 Å². The Morgan fingerprint density at radius 3 is 2.78 bits per heavy atom. The lowest BCUT2D eigenvalue weighted by Crippen LogP contribution is -2.03. The molecule has 0 atom stereocenters. The van der Waals surface area contributed by atoms with Crippen LogP contribution >= 0.6 is 0 Å². The Kier molecular flexibility index (Phi) is 3.53. The van der Waals surface area contributed by atoms with E-state index in [1.165, 1.54) is 0 Å². The first-order chi connectivity index (χ1) is 8.71. The van der Waals surface area contributed by atoms with Crippen LogP contribution in [0, 0.1) is 0 Å². The van der Waals surface area contributed by atoms with E-state index in [-0.39, 0.29) is 5.75 Å². The van der Waals surface area contributed by atoms with Crippen LogP contribution in [0.4, 0.5) is 0 Å². The topological polar surface area (TPSA) is 73.3 Å². The molecule has 1 aromatic carbocycles. The lowest BCUT2D eigenvalue weighted by atomic mass is 10.2. The number of aromatic hydroxyl groups is 1. The highest BCUT2D eigenvalue weighted by molar-refractivity contribution is 5.44. The molecular weight excluding hydrogens is 230 g/mol. The Hall–Kier alpha value is -2.01. The van der Waals surface area contributed by atoms with Crippen molar-refractivity contribution in [1.29, 1.82) is 0 Å². The average molecular weight is 247 g/mol. The number of rotatable bonds is 4. The molecule has 0 aliphatic rings. The van der Waals surface area contributed by atoms with E-state index in [1.54, 1.807) is 30.0 Å². The van der Waals surface area contributed by atoms with Crippen LogP contribution in [0.1, 0.15) is 18.2 Å². The van der Waals surface area contributed by atoms with Gasteiger partial charge in [-0.15, -0.1) is 0 Å². The van der Waals surface area contributed by atoms with Gasteiger partial charge in [0.15, 0.2) is 0 Å². The number of phenolic OH excluding ortho intramolecular Hbond substituents is 1. The Morgan fingerprint density at radius 2 is 2.22 bits per heavy atom. The summed E-state index contributed by atoms with van der Waals surface area (Å²) in [5, 5.41) is 14.0. The summed E-state index contributed by atoms with van der Waals surface area (Å²) in [6.07, 6.45) is 0.786. The zero-order chi connectivity index (χ0) is 13.1. The fourth-order valence-corrected chi connectivity index (χ4v) is 1.98. The van der Waals surface area contributed by atoms with Crippen molar-refractivity contribution in [2.45, 2.75) is 19.9 Å². The molecule has 0 aliphatic carbocycles. The standard InChI is InChI=1S/C13H17N3O2/c1-3-12-11(8-14)13(18-2)16(15-12)9-5-4-6-10(17)7-9/h4-7,17H,3,8,14H2,1-2H3. The largest absolute Gasteiger partial charge is 0.508 e. The summed E-state index contributed by atoms with van der Waals surface area (Å²) in [4.78, 5) is 0. The lowest BCUT2D eigenvalue weighted by Gasteiger charge is -2.07. The maximum absolute atomic E-state index is 9.52. The third-order valence-corrected chi connectivity index (χ3v) is 2.83. The monoisotopic (exact) mass is 247 g/mol. The summed E-state index contributed by atoms with van der Waals surface area (Å²) in [5.74, 6) is 0.817. The molecule has 5 heteroatoms. The van der Waals surface area contributed by atoms with Crippen molar-refractivity contribution < 1.29 is 9.84 Å². The van der Waals surface area contributed by atoms with Crippen LogP contribution in [0.15, 0.2) is 24.3 Å². The third kappa shape index (κ3) is 2.04. The molecule has 0 saturated heterocycles. The number of benzene rings is 1. The van der Waals surface area contributed by atoms with Gasteiger partial charge in [0.1, 0.15) is 5.75 Å². The molecule has 2 rings (SSSR count). The molecule has 0 amide bonds. The van der Waals surface area contributed by atoms with Crippen LogP contribution in [0.5, 0.6) is 11.6 Å². The Labute approximate surface area is 106 Å². The van der Waals surface area contributed by atoms with Crippen molar-refractivity contribution in [3.8, 4) is 17.3 Å². The predicted molar refractivity (Wildman–Crippen MR) is 69.1 cm³/mol. The minimum atomic E-state index is 0.192. The second-order valence-electron chi connectivity index (χ2n) is 3.92. The molecule has 0 fully saturated rings. The molecule has 0 aliphatic heterocycles. The van der Waals surface area contributed by atoms with E-state index in [0.717, 1.165) is 23.4 Å². The maximum atomic E-state index is 9.52. The quantitative estimate of drug-likeness (QED) is 0.860. The minimum Gasteiger partial charge on any atom is -0.508 e. The molecule has 5 nitrogen and oxygen atoms in total. The number of nitrogens with two attached hydrogens (primary N) is 1. The number of ether oxygens (including phenoxy) is 1. The highest BCUT2D eigenvalue weighted by Gasteiger charge is 2.17. The van der Waals surface area contributed by atoms with Gasteiger partial charge < -0.3 is 15.6 Å². The fraction of sp³-hybridized carbons (Fsp3) is 0.308. The smallest absolute Gasteiger partial charge is 0.221 e. The van der Waals surface area contributed by atoms with E-state index in [0.29, 0.717) is 12.4 Å². The minimum absolute atomic E-state index is 0.192. The van der Waals surface area contributed by atoms with Gasteiger partial charge in [0.2, 0.25) is 5.88 Å². The first-order valence-corrected chi connectivity index (χ1v) is 5.85. The average Bonchev–Trinajstić information content (AvgIpc) is 2.76. The number of aryl methyl sites for hydroxylation is 1. The van der Waals surface area contributed by atoms with E-state index in [4.69, 9.17) is 10.5 Å². The molecule has 1 aromatic heterocycles. The molecule has 0 radical (unpaired) electrons. The Morgan fingerprint density at radius 1 is 1.44 bits per heavy atom. The van der Waals surface area contributed by atoms with Gasteiger partial charge in [-0.1, -0.05) is 13.0 Å². The fourth-order valence-electron chi connectivity index (χ4n) is 1.98. The summed E-state index contributed by atoms with van der Waals surface area (Å²) in [7, 11) is 1.59. The zero-order valence-corrected chi connectivity index (χ0v) is 10.6. The summed E-state index contributed by atoms with van der Waals surface area (Å²) in [6.45, 7) is 2.40. The van der Waals surface area contributed by atoms with E-state index in [9.17, 15) is 5.11 Å². The molecule has 2 aromatic rings. The van der Waals surface area contributed by atoms with Crippen LogP contribution < -0.4 is 10.5 Å². The molecule has 1 heterocycles. The van der Waals surface area contributed by atoms with E-state index in [1.807, 2.05) is 13.0 Å². The lowest BCUT2D eigenvalue weighted by molar-refractivity contribution is 0.379. The van der Waals surface area contributed by atoms with Crippen LogP contribution in [0.25, 0.3) is 5.69 Å². The first kappa shape index (κ1) is 12.4. The van der Waals surface area contributed by atoms with E-state index in [2.05, 4.69) is 5.10 Å². The van der Waals surface area contributed by atoms with Gasteiger partial charge in [-0.25, -0.2) is 4.68 Å². The van der Waals surface area contributed by atoms with Crippen LogP contribution in [0.3, 0.4) is 0 Å². The van der Waals surface area contributed by atoms with E-state index < -0.39 is 0 Å². The summed E-state index contributed by atoms with van der Waals surface area (Å²) >= 11 is 0. The number of hydrogen-bond donors (Lipinski definition) is 2. The normalized spacial score (nSPS) is 10.6. The third-order valence-electron chi connectivity index (χ3n) is 2.83. The maximum Gasteiger partial charge on any atom is 0.221 e. The van der Waals surface area contributed by atoms with Gasteiger partial charge in [0.25, 0.3) is 0 Å². The molecule has 3 N–H and O–H groups in total. The molecule has 0 spiro atoms. The number of hydrogen-bond acceptors (Lipinski definition) is 4. The van der Waals surface area contributed by atoms with Crippen molar-refractivity contribution in [1.82, 2.24) is 9.78 Å². The predicted octanol–water partition coefficient (Wildman–Crippen LogP) is 1.61. The first-order valence-electron chi connectivity index (χ1n) is 5.85. The van der Waals surface area contributed by atoms with Crippen LogP contribution in [-0.4, -0.2) is 22.0 Å². The zero-order valence-electron chi connectivity index (χ0n) is 10.6. The molecule has 96 valence electrons. The van der Waals surface area contributed by atoms with Crippen LogP contribution in [0.2, 0.25) is 0 Å². The van der Waals surface area contributed by atoms with Crippen LogP contribution in [-0.2, 0) is 13.0 Å². The Balaban J connectivity index is 2.60. The molecule has 0 bridgehead atoms. The van der Waals surface area contributed by atoms with Gasteiger partial charge in [-0.2, -0.15) is 5.10 Å². The van der Waals surface area contributed by atoms with Crippen molar-refractivity contribution in [2.24, 2.45) is 5.73 Å². The van der Waals surface area contributed by atoms with Gasteiger partial charge in [0.05, 0.1) is 24.1 Å². The highest BCUT2D eigenvalue weighted by Crippen LogP contribution is 2.27. The number of nitrogens with zero attached hydrogens (tertiary/aromatic N) is 2. The highest BCUT2D eigenvalue weighted by atomic mass is 16.5. The number of methoxy groups -OCH3 is 1. The second kappa shape index (κ2) is 5.10. The number of aromatic nitrogens is 2. The van der Waals surface area contributed by atoms with Gasteiger partial charge in [-0.05, 0) is 18.6 Å². The van der Waals surface area contributed by atoms with Gasteiger partial charge in [0, 0.05) is 12.6 Å². The molecule has 18 heavy (non-hydrogen) atoms. The van der Waals surface area contributed by atoms with Crippen molar-refractivity contribution in [3.63, 3.8) is 0 Å².